The zero-order chi connectivity index (χ0) is 9.56. The van der Waals surface area contributed by atoms with Crippen LogP contribution in [0.3, 0.4) is 0 Å². The van der Waals surface area contributed by atoms with Gasteiger partial charge in [-0.2, -0.15) is 0 Å². The number of hydrogen-bond acceptors (Lipinski definition) is 1. The molecule has 0 amide bonds. The molecule has 1 nitrogen and oxygen atoms in total. The van der Waals surface area contributed by atoms with Gasteiger partial charge in [-0.1, -0.05) is 27.0 Å². The first-order valence-corrected chi connectivity index (χ1v) is 4.40. The maximum atomic E-state index is 12.2. The van der Waals surface area contributed by atoms with Gasteiger partial charge in [0, 0.05) is 0 Å². The molecule has 70 valence electrons. The Morgan fingerprint density at radius 3 is 2.08 bits per heavy atom. The van der Waals surface area contributed by atoms with Gasteiger partial charge in [0.15, 0.2) is 5.83 Å². The quantitative estimate of drug-likeness (QED) is 0.467. The fourth-order valence-electron chi connectivity index (χ4n) is 0.754. The third kappa shape index (κ3) is 3.56. The maximum absolute atomic E-state index is 12.2. The lowest BCUT2D eigenvalue weighted by atomic mass is 9.96. The molecule has 0 aliphatic heterocycles. The fraction of sp³-hybridized carbons (Fsp3) is 0.600. The van der Waals surface area contributed by atoms with Crippen molar-refractivity contribution >= 4 is 0 Å². The van der Waals surface area contributed by atoms with Gasteiger partial charge in [0.1, 0.15) is 5.76 Å². The van der Waals surface area contributed by atoms with Crippen LogP contribution in [0.4, 0.5) is 4.39 Å². The average Bonchev–Trinajstić information content (AvgIpc) is 2.00. The zero-order valence-electron chi connectivity index (χ0n) is 7.90. The highest BCUT2D eigenvalue weighted by atomic mass is 19.1. The predicted octanol–water partition coefficient (Wildman–Crippen LogP) is 3.58. The van der Waals surface area contributed by atoms with E-state index in [-0.39, 0.29) is 11.9 Å². The number of ether oxygens (including phenoxy) is 1. The molecule has 1 fully saturated rings. The molecule has 0 saturated heterocycles. The highest BCUT2D eigenvalue weighted by Gasteiger charge is 2.19. The molecule has 1 aliphatic carbocycles. The molecule has 12 heavy (non-hydrogen) atoms. The second-order valence-corrected chi connectivity index (χ2v) is 2.50. The van der Waals surface area contributed by atoms with Gasteiger partial charge in [-0.05, 0) is 19.3 Å². The van der Waals surface area contributed by atoms with Crippen molar-refractivity contribution in [1.29, 1.82) is 0 Å². The van der Waals surface area contributed by atoms with Crippen molar-refractivity contribution in [2.24, 2.45) is 0 Å². The van der Waals surface area contributed by atoms with Crippen LogP contribution in [0.15, 0.2) is 24.7 Å². The lowest BCUT2D eigenvalue weighted by Crippen LogP contribution is -2.20. The molecule has 0 aromatic heterocycles. The Kier molecular flexibility index (Phi) is 5.43. The zero-order valence-corrected chi connectivity index (χ0v) is 7.90. The van der Waals surface area contributed by atoms with Crippen LogP contribution in [0, 0.1) is 0 Å². The minimum absolute atomic E-state index is 0.0877. The molecule has 0 aromatic carbocycles. The normalized spacial score (nSPS) is 15.2. The standard InChI is InChI=1S/C8H11FO.C2H6/c1-6(9)7(2)10-8-4-3-5-8;1-2/h8H,1-5H2;1-2H3. The van der Waals surface area contributed by atoms with Gasteiger partial charge in [0.05, 0.1) is 6.10 Å². The molecule has 1 saturated carbocycles. The molecule has 0 heterocycles. The summed E-state index contributed by atoms with van der Waals surface area (Å²) in [5, 5.41) is 0. The van der Waals surface area contributed by atoms with E-state index in [1.165, 1.54) is 6.42 Å². The van der Waals surface area contributed by atoms with E-state index >= 15 is 0 Å². The van der Waals surface area contributed by atoms with Gasteiger partial charge >= 0.3 is 0 Å². The lowest BCUT2D eigenvalue weighted by Gasteiger charge is -2.26. The molecule has 1 rings (SSSR count). The van der Waals surface area contributed by atoms with Crippen LogP contribution in [-0.2, 0) is 4.74 Å². The number of allylic oxidation sites excluding steroid dienone is 1. The van der Waals surface area contributed by atoms with Crippen molar-refractivity contribution in [3.8, 4) is 0 Å². The van der Waals surface area contributed by atoms with Crippen LogP contribution in [0.1, 0.15) is 33.1 Å². The van der Waals surface area contributed by atoms with E-state index in [1.54, 1.807) is 0 Å². The van der Waals surface area contributed by atoms with Crippen molar-refractivity contribution < 1.29 is 9.13 Å². The maximum Gasteiger partial charge on any atom is 0.157 e. The van der Waals surface area contributed by atoms with Gasteiger partial charge in [-0.25, -0.2) is 4.39 Å². The minimum Gasteiger partial charge on any atom is -0.488 e. The highest BCUT2D eigenvalue weighted by molar-refractivity contribution is 5.11. The Morgan fingerprint density at radius 1 is 1.33 bits per heavy atom. The van der Waals surface area contributed by atoms with Crippen molar-refractivity contribution in [1.82, 2.24) is 0 Å². The van der Waals surface area contributed by atoms with Gasteiger partial charge in [0.2, 0.25) is 0 Å². The molecule has 0 spiro atoms. The lowest BCUT2D eigenvalue weighted by molar-refractivity contribution is 0.0533. The second kappa shape index (κ2) is 5.81. The molecule has 2 heteroatoms. The first kappa shape index (κ1) is 11.2. The molecule has 0 N–H and O–H groups in total. The molecule has 0 unspecified atom stereocenters. The van der Waals surface area contributed by atoms with Crippen LogP contribution in [0.25, 0.3) is 0 Å². The van der Waals surface area contributed by atoms with E-state index in [0.29, 0.717) is 0 Å². The Balaban J connectivity index is 0.000000561. The highest BCUT2D eigenvalue weighted by Crippen LogP contribution is 2.25. The van der Waals surface area contributed by atoms with Gasteiger partial charge in [0.25, 0.3) is 0 Å². The van der Waals surface area contributed by atoms with Crippen LogP contribution >= 0.6 is 0 Å². The van der Waals surface area contributed by atoms with Gasteiger partial charge in [-0.15, -0.1) is 0 Å². The summed E-state index contributed by atoms with van der Waals surface area (Å²) in [6.07, 6.45) is 3.41. The summed E-state index contributed by atoms with van der Waals surface area (Å²) >= 11 is 0. The first-order valence-electron chi connectivity index (χ1n) is 4.40. The third-order valence-corrected chi connectivity index (χ3v) is 1.66. The average molecular weight is 172 g/mol. The fourth-order valence-corrected chi connectivity index (χ4v) is 0.754. The summed E-state index contributed by atoms with van der Waals surface area (Å²) in [6, 6.07) is 0. The Labute approximate surface area is 73.9 Å². The number of halogens is 1. The molecule has 0 atom stereocenters. The predicted molar refractivity (Wildman–Crippen MR) is 49.5 cm³/mol. The third-order valence-electron chi connectivity index (χ3n) is 1.66. The number of hydrogen-bond donors (Lipinski definition) is 0. The smallest absolute Gasteiger partial charge is 0.157 e. The summed E-state index contributed by atoms with van der Waals surface area (Å²) in [5.74, 6) is -0.475. The van der Waals surface area contributed by atoms with Crippen LogP contribution in [0.5, 0.6) is 0 Å². The second-order valence-electron chi connectivity index (χ2n) is 2.50. The molecule has 0 aromatic rings. The molecular formula is C10H17FO. The summed E-state index contributed by atoms with van der Waals surface area (Å²) in [5.41, 5.74) is 0. The van der Waals surface area contributed by atoms with Gasteiger partial charge in [-0.3, -0.25) is 0 Å². The van der Waals surface area contributed by atoms with E-state index < -0.39 is 5.83 Å². The van der Waals surface area contributed by atoms with Crippen molar-refractivity contribution in [2.75, 3.05) is 0 Å². The number of rotatable bonds is 3. The van der Waals surface area contributed by atoms with Crippen LogP contribution in [-0.4, -0.2) is 6.10 Å². The molecule has 0 bridgehead atoms. The summed E-state index contributed by atoms with van der Waals surface area (Å²) in [4.78, 5) is 0. The summed E-state index contributed by atoms with van der Waals surface area (Å²) in [6.45, 7) is 10.5. The molecule has 0 radical (unpaired) electrons. The monoisotopic (exact) mass is 172 g/mol. The van der Waals surface area contributed by atoms with E-state index in [4.69, 9.17) is 4.74 Å². The SMILES string of the molecule is C=C(F)C(=C)OC1CCC1.CC. The van der Waals surface area contributed by atoms with E-state index in [9.17, 15) is 4.39 Å². The van der Waals surface area contributed by atoms with E-state index in [2.05, 4.69) is 13.2 Å². The van der Waals surface area contributed by atoms with E-state index in [0.717, 1.165) is 12.8 Å². The minimum atomic E-state index is -0.563. The first-order chi connectivity index (χ1) is 5.70. The van der Waals surface area contributed by atoms with Crippen LogP contribution in [0.2, 0.25) is 0 Å². The van der Waals surface area contributed by atoms with E-state index in [1.807, 2.05) is 13.8 Å². The Bertz CT molecular complexity index is 159. The Hall–Kier alpha value is -0.790. The molecule has 1 aliphatic rings. The van der Waals surface area contributed by atoms with Gasteiger partial charge < -0.3 is 4.74 Å². The largest absolute Gasteiger partial charge is 0.488 e. The van der Waals surface area contributed by atoms with Crippen molar-refractivity contribution in [2.45, 2.75) is 39.2 Å². The Morgan fingerprint density at radius 2 is 1.83 bits per heavy atom. The molecular weight excluding hydrogens is 155 g/mol. The topological polar surface area (TPSA) is 9.23 Å². The van der Waals surface area contributed by atoms with Crippen molar-refractivity contribution in [3.05, 3.63) is 24.7 Å². The summed E-state index contributed by atoms with van der Waals surface area (Å²) < 4.78 is 17.3. The van der Waals surface area contributed by atoms with Crippen LogP contribution < -0.4 is 0 Å². The summed E-state index contributed by atoms with van der Waals surface area (Å²) in [7, 11) is 0. The van der Waals surface area contributed by atoms with Crippen molar-refractivity contribution in [3.63, 3.8) is 0 Å².